The van der Waals surface area contributed by atoms with Gasteiger partial charge in [0.05, 0.1) is 0 Å². The normalized spacial score (nSPS) is 14.9. The number of thioether (sulfide) groups is 1. The molecule has 0 aliphatic carbocycles. The van der Waals surface area contributed by atoms with Crippen LogP contribution in [0.25, 0.3) is 0 Å². The van der Waals surface area contributed by atoms with Crippen molar-refractivity contribution < 1.29 is 0 Å². The summed E-state index contributed by atoms with van der Waals surface area (Å²) >= 11 is 3.85. The fourth-order valence-electron chi connectivity index (χ4n) is 2.08. The van der Waals surface area contributed by atoms with Crippen molar-refractivity contribution >= 4 is 23.1 Å². The van der Waals surface area contributed by atoms with Gasteiger partial charge in [0, 0.05) is 23.5 Å². The van der Waals surface area contributed by atoms with E-state index in [2.05, 4.69) is 43.3 Å². The van der Waals surface area contributed by atoms with E-state index in [1.54, 1.807) is 0 Å². The molecule has 0 aromatic carbocycles. The summed E-state index contributed by atoms with van der Waals surface area (Å²) in [5, 5.41) is 2.15. The molecule has 2 N–H and O–H groups in total. The van der Waals surface area contributed by atoms with Gasteiger partial charge in [0.15, 0.2) is 0 Å². The van der Waals surface area contributed by atoms with Gasteiger partial charge in [-0.2, -0.15) is 11.8 Å². The minimum Gasteiger partial charge on any atom is -0.329 e. The fraction of sp³-hybridized carbons (Fsp3) is 0.714. The van der Waals surface area contributed by atoms with Crippen LogP contribution in [0.4, 0.5) is 0 Å². The second kappa shape index (κ2) is 8.97. The Hall–Kier alpha value is -0.0300. The van der Waals surface area contributed by atoms with Crippen LogP contribution in [0.5, 0.6) is 0 Å². The van der Waals surface area contributed by atoms with E-state index in [1.165, 1.54) is 22.8 Å². The largest absolute Gasteiger partial charge is 0.329 e. The molecule has 2 nitrogen and oxygen atoms in total. The average molecular weight is 287 g/mol. The Balaban J connectivity index is 2.41. The highest BCUT2D eigenvalue weighted by molar-refractivity contribution is 7.99. The predicted molar refractivity (Wildman–Crippen MR) is 85.7 cm³/mol. The van der Waals surface area contributed by atoms with Crippen molar-refractivity contribution in [2.75, 3.05) is 25.1 Å². The average Bonchev–Trinajstić information content (AvgIpc) is 2.86. The summed E-state index contributed by atoms with van der Waals surface area (Å²) in [5.41, 5.74) is 5.92. The summed E-state index contributed by atoms with van der Waals surface area (Å²) in [5.74, 6) is 2.42. The lowest BCUT2D eigenvalue weighted by atomic mass is 10.1. The third-order valence-electron chi connectivity index (χ3n) is 3.42. The molecule has 0 fully saturated rings. The first-order valence-corrected chi connectivity index (χ1v) is 8.74. The van der Waals surface area contributed by atoms with Crippen LogP contribution in [0.2, 0.25) is 0 Å². The number of hydrogen-bond acceptors (Lipinski definition) is 4. The van der Waals surface area contributed by atoms with E-state index in [0.29, 0.717) is 12.1 Å². The van der Waals surface area contributed by atoms with Crippen LogP contribution < -0.4 is 5.73 Å². The van der Waals surface area contributed by atoms with Crippen molar-refractivity contribution in [3.05, 3.63) is 22.4 Å². The molecule has 1 rings (SSSR count). The van der Waals surface area contributed by atoms with Gasteiger partial charge in [-0.3, -0.25) is 4.90 Å². The van der Waals surface area contributed by atoms with E-state index < -0.39 is 0 Å². The highest BCUT2D eigenvalue weighted by Crippen LogP contribution is 2.16. The minimum atomic E-state index is 0.513. The molecule has 0 bridgehead atoms. The summed E-state index contributed by atoms with van der Waals surface area (Å²) in [6, 6.07) is 5.42. The molecule has 0 saturated heterocycles. The lowest BCUT2D eigenvalue weighted by Crippen LogP contribution is -2.44. The van der Waals surface area contributed by atoms with E-state index >= 15 is 0 Å². The van der Waals surface area contributed by atoms with Crippen molar-refractivity contribution in [2.45, 2.75) is 38.8 Å². The quantitative estimate of drug-likeness (QED) is 0.707. The number of nitrogens with zero attached hydrogens (tertiary/aromatic N) is 1. The Morgan fingerprint density at radius 1 is 1.50 bits per heavy atom. The molecule has 2 atom stereocenters. The number of likely N-dealkylation sites (N-methyl/N-ethyl adjacent to an activating group) is 1. The zero-order chi connectivity index (χ0) is 13.4. The Labute approximate surface area is 120 Å². The molecule has 0 aliphatic heterocycles. The maximum atomic E-state index is 5.92. The van der Waals surface area contributed by atoms with Gasteiger partial charge in [-0.05, 0) is 49.8 Å². The van der Waals surface area contributed by atoms with Gasteiger partial charge < -0.3 is 5.73 Å². The fourth-order valence-corrected chi connectivity index (χ4v) is 3.63. The zero-order valence-corrected chi connectivity index (χ0v) is 13.4. The van der Waals surface area contributed by atoms with E-state index in [1.807, 2.05) is 23.1 Å². The summed E-state index contributed by atoms with van der Waals surface area (Å²) in [7, 11) is 2.21. The molecule has 0 amide bonds. The van der Waals surface area contributed by atoms with Crippen LogP contribution in [0.1, 0.15) is 25.1 Å². The summed E-state index contributed by atoms with van der Waals surface area (Å²) in [6.45, 7) is 5.27. The van der Waals surface area contributed by atoms with Gasteiger partial charge in [-0.1, -0.05) is 13.0 Å². The smallest absolute Gasteiger partial charge is 0.0226 e. The number of nitrogens with two attached hydrogens (primary N) is 1. The van der Waals surface area contributed by atoms with E-state index in [0.717, 1.165) is 13.0 Å². The number of rotatable bonds is 9. The predicted octanol–water partition coefficient (Wildman–Crippen LogP) is 3.08. The van der Waals surface area contributed by atoms with Gasteiger partial charge in [-0.25, -0.2) is 0 Å². The van der Waals surface area contributed by atoms with Crippen LogP contribution in [-0.4, -0.2) is 42.1 Å². The molecular formula is C14H26N2S2. The molecule has 0 saturated carbocycles. The van der Waals surface area contributed by atoms with Gasteiger partial charge in [0.2, 0.25) is 0 Å². The van der Waals surface area contributed by atoms with Gasteiger partial charge >= 0.3 is 0 Å². The Bertz CT molecular complexity index is 301. The SMILES string of the molecule is CCSCCC(CN)N(C)C(C)Cc1cccs1. The third-order valence-corrected chi connectivity index (χ3v) is 5.25. The van der Waals surface area contributed by atoms with E-state index in [9.17, 15) is 0 Å². The number of thiophene rings is 1. The monoisotopic (exact) mass is 286 g/mol. The van der Waals surface area contributed by atoms with Crippen LogP contribution >= 0.6 is 23.1 Å². The maximum Gasteiger partial charge on any atom is 0.0226 e. The molecule has 18 heavy (non-hydrogen) atoms. The first kappa shape index (κ1) is 16.0. The molecule has 1 aromatic rings. The van der Waals surface area contributed by atoms with Gasteiger partial charge in [0.25, 0.3) is 0 Å². The molecule has 4 heteroatoms. The summed E-state index contributed by atoms with van der Waals surface area (Å²) < 4.78 is 0. The van der Waals surface area contributed by atoms with Crippen LogP contribution in [0, 0.1) is 0 Å². The molecule has 0 radical (unpaired) electrons. The molecule has 0 aliphatic rings. The topological polar surface area (TPSA) is 29.3 Å². The lowest BCUT2D eigenvalue weighted by Gasteiger charge is -2.32. The van der Waals surface area contributed by atoms with Gasteiger partial charge in [0.1, 0.15) is 0 Å². The lowest BCUT2D eigenvalue weighted by molar-refractivity contribution is 0.184. The van der Waals surface area contributed by atoms with Crippen molar-refractivity contribution in [3.63, 3.8) is 0 Å². The van der Waals surface area contributed by atoms with Crippen LogP contribution in [0.3, 0.4) is 0 Å². The molecule has 104 valence electrons. The highest BCUT2D eigenvalue weighted by atomic mass is 32.2. The van der Waals surface area contributed by atoms with Crippen molar-refractivity contribution in [1.29, 1.82) is 0 Å². The van der Waals surface area contributed by atoms with E-state index in [4.69, 9.17) is 5.73 Å². The molecule has 1 heterocycles. The number of hydrogen-bond donors (Lipinski definition) is 1. The standard InChI is InChI=1S/C14H26N2S2/c1-4-17-9-7-13(11-15)16(3)12(2)10-14-6-5-8-18-14/h5-6,8,12-13H,4,7,9-11,15H2,1-3H3. The second-order valence-corrected chi connectivity index (χ2v) is 7.10. The van der Waals surface area contributed by atoms with E-state index in [-0.39, 0.29) is 0 Å². The third kappa shape index (κ3) is 5.31. The second-order valence-electron chi connectivity index (χ2n) is 4.67. The first-order chi connectivity index (χ1) is 8.69. The highest BCUT2D eigenvalue weighted by Gasteiger charge is 2.18. The summed E-state index contributed by atoms with van der Waals surface area (Å²) in [6.07, 6.45) is 2.33. The Morgan fingerprint density at radius 3 is 2.83 bits per heavy atom. The van der Waals surface area contributed by atoms with Crippen molar-refractivity contribution in [3.8, 4) is 0 Å². The zero-order valence-electron chi connectivity index (χ0n) is 11.8. The maximum absolute atomic E-state index is 5.92. The molecular weight excluding hydrogens is 260 g/mol. The first-order valence-electron chi connectivity index (χ1n) is 6.71. The molecule has 1 aromatic heterocycles. The molecule has 2 unspecified atom stereocenters. The minimum absolute atomic E-state index is 0.513. The van der Waals surface area contributed by atoms with Crippen molar-refractivity contribution in [2.24, 2.45) is 5.73 Å². The van der Waals surface area contributed by atoms with Crippen molar-refractivity contribution in [1.82, 2.24) is 4.90 Å². The van der Waals surface area contributed by atoms with Crippen LogP contribution in [-0.2, 0) is 6.42 Å². The van der Waals surface area contributed by atoms with Crippen LogP contribution in [0.15, 0.2) is 17.5 Å². The van der Waals surface area contributed by atoms with Gasteiger partial charge in [-0.15, -0.1) is 11.3 Å². The Kier molecular flexibility index (Phi) is 7.98. The molecule has 0 spiro atoms. The summed E-state index contributed by atoms with van der Waals surface area (Å²) in [4.78, 5) is 3.92. The Morgan fingerprint density at radius 2 is 2.28 bits per heavy atom.